The van der Waals surface area contributed by atoms with Gasteiger partial charge in [0.1, 0.15) is 12.4 Å². The van der Waals surface area contributed by atoms with Crippen molar-refractivity contribution in [1.29, 1.82) is 0 Å². The Morgan fingerprint density at radius 1 is 1.27 bits per heavy atom. The van der Waals surface area contributed by atoms with Crippen molar-refractivity contribution in [2.24, 2.45) is 7.05 Å². The van der Waals surface area contributed by atoms with E-state index in [0.717, 1.165) is 5.75 Å². The van der Waals surface area contributed by atoms with E-state index in [1.54, 1.807) is 0 Å². The van der Waals surface area contributed by atoms with Crippen molar-refractivity contribution in [1.82, 2.24) is 14.8 Å². The van der Waals surface area contributed by atoms with Gasteiger partial charge >= 0.3 is 5.97 Å². The molecule has 0 aliphatic carbocycles. The van der Waals surface area contributed by atoms with E-state index in [1.807, 2.05) is 36.7 Å². The topological polar surface area (TPSA) is 66.2 Å². The summed E-state index contributed by atoms with van der Waals surface area (Å²) in [6, 6.07) is 5.96. The van der Waals surface area contributed by atoms with Crippen LogP contribution in [0.5, 0.6) is 5.75 Å². The van der Waals surface area contributed by atoms with Crippen LogP contribution in [0.4, 0.5) is 0 Å². The molecule has 0 aliphatic rings. The van der Waals surface area contributed by atoms with Gasteiger partial charge in [-0.25, -0.2) is 0 Å². The predicted octanol–water partition coefficient (Wildman–Crippen LogP) is 2.28. The molecule has 2 rings (SSSR count). The molecule has 1 aromatic carbocycles. The van der Waals surface area contributed by atoms with Crippen LogP contribution < -0.4 is 4.74 Å². The van der Waals surface area contributed by atoms with Crippen LogP contribution in [-0.4, -0.2) is 33.6 Å². The number of thioether (sulfide) groups is 1. The summed E-state index contributed by atoms with van der Waals surface area (Å²) in [5.41, 5.74) is 2.41. The summed E-state index contributed by atoms with van der Waals surface area (Å²) in [6.45, 7) is 4.43. The maximum atomic E-state index is 11.1. The molecule has 1 aromatic heterocycles. The highest BCUT2D eigenvalue weighted by molar-refractivity contribution is 7.99. The van der Waals surface area contributed by atoms with E-state index < -0.39 is 0 Å². The number of aromatic nitrogens is 3. The van der Waals surface area contributed by atoms with Crippen LogP contribution in [0.25, 0.3) is 0 Å². The van der Waals surface area contributed by atoms with Crippen molar-refractivity contribution in [3.8, 4) is 5.75 Å². The Bertz CT molecular complexity index is 670. The number of benzene rings is 1. The van der Waals surface area contributed by atoms with Gasteiger partial charge in [0, 0.05) is 7.05 Å². The quantitative estimate of drug-likeness (QED) is 0.601. The first-order valence-electron chi connectivity index (χ1n) is 6.79. The van der Waals surface area contributed by atoms with Crippen LogP contribution in [0.1, 0.15) is 17.0 Å². The number of esters is 1. The van der Waals surface area contributed by atoms with Gasteiger partial charge in [-0.1, -0.05) is 17.8 Å². The van der Waals surface area contributed by atoms with Gasteiger partial charge in [-0.2, -0.15) is 0 Å². The monoisotopic (exact) mass is 321 g/mol. The summed E-state index contributed by atoms with van der Waals surface area (Å²) >= 11 is 1.29. The number of carbonyl (C=O) groups is 1. The molecule has 6 nitrogen and oxygen atoms in total. The van der Waals surface area contributed by atoms with E-state index in [2.05, 4.69) is 21.9 Å². The molecule has 118 valence electrons. The molecule has 0 aliphatic heterocycles. The van der Waals surface area contributed by atoms with Crippen molar-refractivity contribution in [2.75, 3.05) is 12.9 Å². The first kappa shape index (κ1) is 16.4. The van der Waals surface area contributed by atoms with Crippen LogP contribution >= 0.6 is 11.8 Å². The summed E-state index contributed by atoms with van der Waals surface area (Å²) < 4.78 is 12.2. The number of aryl methyl sites for hydroxylation is 2. The summed E-state index contributed by atoms with van der Waals surface area (Å²) in [5.74, 6) is 1.42. The van der Waals surface area contributed by atoms with Crippen molar-refractivity contribution >= 4 is 17.7 Å². The molecule has 0 radical (unpaired) electrons. The number of rotatable bonds is 6. The lowest BCUT2D eigenvalue weighted by molar-refractivity contribution is -0.137. The SMILES string of the molecule is COC(=O)CSc1nnc(COc2ccc(C)c(C)c2)n1C. The number of nitrogens with zero attached hydrogens (tertiary/aromatic N) is 3. The average molecular weight is 321 g/mol. The molecule has 0 atom stereocenters. The summed E-state index contributed by atoms with van der Waals surface area (Å²) in [4.78, 5) is 11.1. The number of hydrogen-bond donors (Lipinski definition) is 0. The van der Waals surface area contributed by atoms with Crippen LogP contribution in [0, 0.1) is 13.8 Å². The Morgan fingerprint density at radius 3 is 2.73 bits per heavy atom. The molecule has 0 bridgehead atoms. The summed E-state index contributed by atoms with van der Waals surface area (Å²) in [6.07, 6.45) is 0. The maximum absolute atomic E-state index is 11.1. The maximum Gasteiger partial charge on any atom is 0.316 e. The Balaban J connectivity index is 1.97. The van der Waals surface area contributed by atoms with Crippen LogP contribution in [0.2, 0.25) is 0 Å². The molecule has 0 N–H and O–H groups in total. The minimum atomic E-state index is -0.291. The molecule has 0 fully saturated rings. The van der Waals surface area contributed by atoms with Crippen LogP contribution in [-0.2, 0) is 23.2 Å². The fourth-order valence-electron chi connectivity index (χ4n) is 1.73. The van der Waals surface area contributed by atoms with Gasteiger partial charge in [-0.15, -0.1) is 10.2 Å². The molecule has 0 saturated heterocycles. The Hall–Kier alpha value is -2.02. The molecule has 0 saturated carbocycles. The zero-order chi connectivity index (χ0) is 16.1. The fourth-order valence-corrected chi connectivity index (χ4v) is 2.49. The van der Waals surface area contributed by atoms with Gasteiger partial charge in [0.2, 0.25) is 0 Å². The molecular formula is C15H19N3O3S. The summed E-state index contributed by atoms with van der Waals surface area (Å²) in [7, 11) is 3.21. The third-order valence-corrected chi connectivity index (χ3v) is 4.31. The van der Waals surface area contributed by atoms with E-state index in [0.29, 0.717) is 17.6 Å². The highest BCUT2D eigenvalue weighted by atomic mass is 32.2. The molecule has 0 unspecified atom stereocenters. The fraction of sp³-hybridized carbons (Fsp3) is 0.400. The van der Waals surface area contributed by atoms with E-state index in [1.165, 1.54) is 30.0 Å². The van der Waals surface area contributed by atoms with Gasteiger partial charge in [-0.05, 0) is 37.1 Å². The number of hydrogen-bond acceptors (Lipinski definition) is 6. The van der Waals surface area contributed by atoms with Crippen LogP contribution in [0.15, 0.2) is 23.4 Å². The van der Waals surface area contributed by atoms with Crippen molar-refractivity contribution in [2.45, 2.75) is 25.6 Å². The standard InChI is InChI=1S/C15H19N3O3S/c1-10-5-6-12(7-11(10)2)21-8-13-16-17-15(18(13)3)22-9-14(19)20-4/h5-7H,8-9H2,1-4H3. The Morgan fingerprint density at radius 2 is 2.05 bits per heavy atom. The van der Waals surface area contributed by atoms with E-state index >= 15 is 0 Å². The van der Waals surface area contributed by atoms with Gasteiger partial charge in [0.05, 0.1) is 12.9 Å². The largest absolute Gasteiger partial charge is 0.486 e. The second-order valence-electron chi connectivity index (χ2n) is 4.86. The second kappa shape index (κ2) is 7.31. The van der Waals surface area contributed by atoms with Crippen LogP contribution in [0.3, 0.4) is 0 Å². The molecule has 1 heterocycles. The number of carbonyl (C=O) groups excluding carboxylic acids is 1. The number of ether oxygens (including phenoxy) is 2. The predicted molar refractivity (Wildman–Crippen MR) is 84.0 cm³/mol. The smallest absolute Gasteiger partial charge is 0.316 e. The zero-order valence-electron chi connectivity index (χ0n) is 13.1. The molecule has 22 heavy (non-hydrogen) atoms. The third kappa shape index (κ3) is 4.00. The molecule has 2 aromatic rings. The molecular weight excluding hydrogens is 302 g/mol. The summed E-state index contributed by atoms with van der Waals surface area (Å²) in [5, 5.41) is 8.80. The van der Waals surface area contributed by atoms with Gasteiger partial charge < -0.3 is 14.0 Å². The zero-order valence-corrected chi connectivity index (χ0v) is 13.9. The molecule has 0 amide bonds. The first-order valence-corrected chi connectivity index (χ1v) is 7.77. The van der Waals surface area contributed by atoms with Gasteiger partial charge in [0.25, 0.3) is 0 Å². The Kier molecular flexibility index (Phi) is 5.43. The van der Waals surface area contributed by atoms with Crippen molar-refractivity contribution in [3.05, 3.63) is 35.2 Å². The molecule has 0 spiro atoms. The van der Waals surface area contributed by atoms with E-state index in [4.69, 9.17) is 4.74 Å². The molecule has 7 heteroatoms. The van der Waals surface area contributed by atoms with Gasteiger partial charge in [-0.3, -0.25) is 4.79 Å². The minimum absolute atomic E-state index is 0.209. The second-order valence-corrected chi connectivity index (χ2v) is 5.80. The lowest BCUT2D eigenvalue weighted by atomic mass is 10.1. The van der Waals surface area contributed by atoms with Crippen molar-refractivity contribution < 1.29 is 14.3 Å². The van der Waals surface area contributed by atoms with E-state index in [9.17, 15) is 4.79 Å². The Labute approximate surface area is 133 Å². The van der Waals surface area contributed by atoms with Gasteiger partial charge in [0.15, 0.2) is 11.0 Å². The highest BCUT2D eigenvalue weighted by Crippen LogP contribution is 2.19. The average Bonchev–Trinajstić information content (AvgIpc) is 2.86. The number of methoxy groups -OCH3 is 1. The third-order valence-electron chi connectivity index (χ3n) is 3.32. The lowest BCUT2D eigenvalue weighted by Gasteiger charge is -2.08. The van der Waals surface area contributed by atoms with Crippen molar-refractivity contribution in [3.63, 3.8) is 0 Å². The lowest BCUT2D eigenvalue weighted by Crippen LogP contribution is -2.06. The van der Waals surface area contributed by atoms with E-state index in [-0.39, 0.29) is 11.7 Å². The normalized spacial score (nSPS) is 10.5. The first-order chi connectivity index (χ1) is 10.5. The minimum Gasteiger partial charge on any atom is -0.486 e. The highest BCUT2D eigenvalue weighted by Gasteiger charge is 2.12.